The minimum absolute atomic E-state index is 0.362. The number of piperazine rings is 1. The second kappa shape index (κ2) is 9.24. The van der Waals surface area contributed by atoms with E-state index in [1.54, 1.807) is 37.8 Å². The van der Waals surface area contributed by atoms with E-state index in [0.29, 0.717) is 54.9 Å². The van der Waals surface area contributed by atoms with Crippen LogP contribution in [0, 0.1) is 13.8 Å². The minimum Gasteiger partial charge on any atom is -0.493 e. The van der Waals surface area contributed by atoms with Gasteiger partial charge in [0, 0.05) is 38.3 Å². The summed E-state index contributed by atoms with van der Waals surface area (Å²) in [7, 11) is 1.29. The van der Waals surface area contributed by atoms with E-state index in [9.17, 15) is 8.42 Å². The fraction of sp³-hybridized carbons (Fsp3) is 0.455. The fourth-order valence-electron chi connectivity index (χ4n) is 3.68. The van der Waals surface area contributed by atoms with Crippen LogP contribution in [0.4, 0.5) is 0 Å². The van der Waals surface area contributed by atoms with E-state index in [0.717, 1.165) is 16.7 Å². The molecule has 3 rings (SSSR count). The van der Waals surface area contributed by atoms with Gasteiger partial charge in [0.05, 0.1) is 26.2 Å². The molecule has 7 nitrogen and oxygen atoms in total. The van der Waals surface area contributed by atoms with Crippen LogP contribution in [-0.2, 0) is 16.6 Å². The second-order valence-corrected chi connectivity index (χ2v) is 9.36. The van der Waals surface area contributed by atoms with E-state index in [2.05, 4.69) is 4.90 Å². The molecule has 1 aliphatic rings. The number of aryl methyl sites for hydroxylation is 2. The van der Waals surface area contributed by atoms with Crippen LogP contribution < -0.4 is 14.2 Å². The maximum atomic E-state index is 13.0. The third-order valence-electron chi connectivity index (χ3n) is 5.63. The smallest absolute Gasteiger partial charge is 0.243 e. The predicted molar refractivity (Wildman–Crippen MR) is 116 cm³/mol. The molecule has 1 saturated heterocycles. The Bertz CT molecular complexity index is 999. The van der Waals surface area contributed by atoms with Crippen molar-refractivity contribution in [3.05, 3.63) is 47.0 Å². The highest BCUT2D eigenvalue weighted by Gasteiger charge is 2.29. The highest BCUT2D eigenvalue weighted by Crippen LogP contribution is 2.40. The Hall–Kier alpha value is -2.29. The van der Waals surface area contributed by atoms with Crippen molar-refractivity contribution in [1.29, 1.82) is 0 Å². The van der Waals surface area contributed by atoms with Gasteiger partial charge in [-0.15, -0.1) is 0 Å². The molecule has 1 heterocycles. The Balaban J connectivity index is 1.71. The normalized spacial score (nSPS) is 15.8. The highest BCUT2D eigenvalue weighted by atomic mass is 32.2. The number of hydrogen-bond donors (Lipinski definition) is 0. The van der Waals surface area contributed by atoms with Crippen molar-refractivity contribution < 1.29 is 22.6 Å². The van der Waals surface area contributed by atoms with E-state index in [1.807, 2.05) is 32.0 Å². The number of benzene rings is 2. The molecule has 1 aliphatic heterocycles. The molecule has 0 bridgehead atoms. The molecule has 0 radical (unpaired) electrons. The summed E-state index contributed by atoms with van der Waals surface area (Å²) in [5, 5.41) is 0. The molecule has 164 valence electrons. The summed E-state index contributed by atoms with van der Waals surface area (Å²) in [5.74, 6) is 1.82. The molecule has 0 aliphatic carbocycles. The lowest BCUT2D eigenvalue weighted by molar-refractivity contribution is 0.179. The van der Waals surface area contributed by atoms with Crippen LogP contribution in [0.5, 0.6) is 17.2 Å². The maximum Gasteiger partial charge on any atom is 0.243 e. The van der Waals surface area contributed by atoms with Crippen LogP contribution in [-0.4, -0.2) is 65.1 Å². The van der Waals surface area contributed by atoms with Crippen molar-refractivity contribution in [2.24, 2.45) is 0 Å². The van der Waals surface area contributed by atoms with Gasteiger partial charge in [0.1, 0.15) is 0 Å². The van der Waals surface area contributed by atoms with Gasteiger partial charge in [0.25, 0.3) is 0 Å². The average molecular weight is 435 g/mol. The Kier molecular flexibility index (Phi) is 6.90. The molecule has 1 fully saturated rings. The molecule has 30 heavy (non-hydrogen) atoms. The first-order valence-corrected chi connectivity index (χ1v) is 11.3. The molecule has 0 amide bonds. The molecule has 2 aromatic rings. The summed E-state index contributed by atoms with van der Waals surface area (Å²) in [6.45, 7) is 6.73. The summed E-state index contributed by atoms with van der Waals surface area (Å²) >= 11 is 0. The van der Waals surface area contributed by atoms with Gasteiger partial charge in [-0.2, -0.15) is 4.31 Å². The lowest BCUT2D eigenvalue weighted by Crippen LogP contribution is -2.48. The van der Waals surface area contributed by atoms with Crippen molar-refractivity contribution >= 4 is 10.0 Å². The highest BCUT2D eigenvalue weighted by molar-refractivity contribution is 7.89. The largest absolute Gasteiger partial charge is 0.493 e. The minimum atomic E-state index is -3.48. The summed E-state index contributed by atoms with van der Waals surface area (Å²) < 4.78 is 44.0. The Morgan fingerprint density at radius 2 is 1.50 bits per heavy atom. The fourth-order valence-corrected chi connectivity index (χ4v) is 5.19. The van der Waals surface area contributed by atoms with Crippen molar-refractivity contribution in [2.75, 3.05) is 47.5 Å². The van der Waals surface area contributed by atoms with E-state index in [-0.39, 0.29) is 0 Å². The third kappa shape index (κ3) is 4.40. The van der Waals surface area contributed by atoms with Crippen LogP contribution >= 0.6 is 0 Å². The topological polar surface area (TPSA) is 68.3 Å². The van der Waals surface area contributed by atoms with E-state index >= 15 is 0 Å². The number of nitrogens with zero attached hydrogens (tertiary/aromatic N) is 2. The zero-order valence-electron chi connectivity index (χ0n) is 18.3. The first-order valence-electron chi connectivity index (χ1n) is 9.89. The molecule has 0 unspecified atom stereocenters. The standard InChI is InChI=1S/C22H30N2O5S/c1-16-6-8-19(14-17(16)2)30(25,26)24-12-10-23(11-13-24)15-18-7-9-20(27-3)22(29-5)21(18)28-4/h6-9,14H,10-13,15H2,1-5H3. The molecule has 0 N–H and O–H groups in total. The molecule has 8 heteroatoms. The van der Waals surface area contributed by atoms with Gasteiger partial charge in [0.2, 0.25) is 15.8 Å². The SMILES string of the molecule is COc1ccc(CN2CCN(S(=O)(=O)c3ccc(C)c(C)c3)CC2)c(OC)c1OC. The maximum absolute atomic E-state index is 13.0. The van der Waals surface area contributed by atoms with Crippen LogP contribution in [0.2, 0.25) is 0 Å². The van der Waals surface area contributed by atoms with Crippen molar-refractivity contribution in [3.8, 4) is 17.2 Å². The summed E-state index contributed by atoms with van der Waals surface area (Å²) in [4.78, 5) is 2.58. The molecular formula is C22H30N2O5S. The van der Waals surface area contributed by atoms with E-state index < -0.39 is 10.0 Å². The summed E-state index contributed by atoms with van der Waals surface area (Å²) in [5.41, 5.74) is 3.04. The predicted octanol–water partition coefficient (Wildman–Crippen LogP) is 2.84. The number of ether oxygens (including phenoxy) is 3. The van der Waals surface area contributed by atoms with Gasteiger partial charge >= 0.3 is 0 Å². The van der Waals surface area contributed by atoms with E-state index in [1.165, 1.54) is 0 Å². The number of methoxy groups -OCH3 is 3. The van der Waals surface area contributed by atoms with E-state index in [4.69, 9.17) is 14.2 Å². The monoisotopic (exact) mass is 434 g/mol. The lowest BCUT2D eigenvalue weighted by Gasteiger charge is -2.34. The zero-order chi connectivity index (χ0) is 21.9. The Morgan fingerprint density at radius 1 is 0.833 bits per heavy atom. The van der Waals surface area contributed by atoms with Crippen molar-refractivity contribution in [1.82, 2.24) is 9.21 Å². The van der Waals surface area contributed by atoms with Gasteiger partial charge < -0.3 is 14.2 Å². The van der Waals surface area contributed by atoms with Crippen LogP contribution in [0.1, 0.15) is 16.7 Å². The molecule has 0 saturated carbocycles. The first-order chi connectivity index (χ1) is 14.3. The number of rotatable bonds is 7. The van der Waals surface area contributed by atoms with Gasteiger partial charge in [0.15, 0.2) is 11.5 Å². The lowest BCUT2D eigenvalue weighted by atomic mass is 10.1. The van der Waals surface area contributed by atoms with Gasteiger partial charge in [-0.05, 0) is 43.2 Å². The summed E-state index contributed by atoms with van der Waals surface area (Å²) in [6, 6.07) is 9.13. The Labute approximate surface area is 179 Å². The van der Waals surface area contributed by atoms with Crippen molar-refractivity contribution in [3.63, 3.8) is 0 Å². The molecule has 0 spiro atoms. The molecule has 0 atom stereocenters. The molecule has 0 aromatic heterocycles. The number of sulfonamides is 1. The summed E-state index contributed by atoms with van der Waals surface area (Å²) in [6.07, 6.45) is 0. The van der Waals surface area contributed by atoms with Crippen LogP contribution in [0.25, 0.3) is 0 Å². The molecule has 2 aromatic carbocycles. The third-order valence-corrected chi connectivity index (χ3v) is 7.52. The quantitative estimate of drug-likeness (QED) is 0.668. The number of hydrogen-bond acceptors (Lipinski definition) is 6. The van der Waals surface area contributed by atoms with Crippen molar-refractivity contribution in [2.45, 2.75) is 25.3 Å². The first kappa shape index (κ1) is 22.4. The Morgan fingerprint density at radius 3 is 2.07 bits per heavy atom. The van der Waals surface area contributed by atoms with Gasteiger partial charge in [-0.3, -0.25) is 4.90 Å². The van der Waals surface area contributed by atoms with Crippen LogP contribution in [0.3, 0.4) is 0 Å². The molecular weight excluding hydrogens is 404 g/mol. The average Bonchev–Trinajstić information content (AvgIpc) is 2.75. The van der Waals surface area contributed by atoms with Gasteiger partial charge in [-0.25, -0.2) is 8.42 Å². The van der Waals surface area contributed by atoms with Crippen LogP contribution in [0.15, 0.2) is 35.2 Å². The zero-order valence-corrected chi connectivity index (χ0v) is 19.1. The van der Waals surface area contributed by atoms with Gasteiger partial charge in [-0.1, -0.05) is 12.1 Å². The second-order valence-electron chi connectivity index (χ2n) is 7.42.